The molecule has 2 aromatic rings. The highest BCUT2D eigenvalue weighted by Gasteiger charge is 2.11. The number of aromatic nitrogens is 1. The average Bonchev–Trinajstić information content (AvgIpc) is 2.55. The summed E-state index contributed by atoms with van der Waals surface area (Å²) in [7, 11) is 1.96. The molecule has 1 aromatic carbocycles. The first-order valence-electron chi connectivity index (χ1n) is 7.16. The molecule has 0 radical (unpaired) electrons. The van der Waals surface area contributed by atoms with E-state index in [4.69, 9.17) is 0 Å². The Kier molecular flexibility index (Phi) is 4.93. The Bertz CT molecular complexity index is 598. The zero-order valence-corrected chi connectivity index (χ0v) is 12.7. The van der Waals surface area contributed by atoms with Crippen LogP contribution in [0.1, 0.15) is 30.6 Å². The molecule has 21 heavy (non-hydrogen) atoms. The number of carbonyl (C=O) groups is 1. The Labute approximate surface area is 125 Å². The summed E-state index contributed by atoms with van der Waals surface area (Å²) in [5, 5.41) is 2.95. The highest BCUT2D eigenvalue weighted by atomic mass is 16.1. The molecule has 1 heterocycles. The predicted molar refractivity (Wildman–Crippen MR) is 86.0 cm³/mol. The molecule has 1 unspecified atom stereocenters. The van der Waals surface area contributed by atoms with Crippen molar-refractivity contribution < 1.29 is 4.79 Å². The fraction of sp³-hybridized carbons (Fsp3) is 0.294. The molecule has 2 rings (SSSR count). The number of nitrogens with one attached hydrogen (secondary N) is 1. The molecule has 1 N–H and O–H groups in total. The van der Waals surface area contributed by atoms with E-state index in [1.807, 2.05) is 62.2 Å². The van der Waals surface area contributed by atoms with Gasteiger partial charge in [-0.3, -0.25) is 9.78 Å². The lowest BCUT2D eigenvalue weighted by molar-refractivity contribution is 0.0939. The van der Waals surface area contributed by atoms with Gasteiger partial charge in [0.05, 0.1) is 17.4 Å². The number of amides is 1. The Balaban J connectivity index is 2.20. The third-order valence-electron chi connectivity index (χ3n) is 3.51. The van der Waals surface area contributed by atoms with E-state index in [1.165, 1.54) is 0 Å². The normalized spacial score (nSPS) is 11.8. The van der Waals surface area contributed by atoms with Crippen molar-refractivity contribution in [3.05, 3.63) is 54.4 Å². The van der Waals surface area contributed by atoms with E-state index in [2.05, 4.69) is 10.3 Å². The molecule has 1 amide bonds. The smallest absolute Gasteiger partial charge is 0.253 e. The SMILES string of the molecule is CCC(C)NC(=O)c1cncc(N(C)c2ccccc2)c1. The number of nitrogens with zero attached hydrogens (tertiary/aromatic N) is 2. The Hall–Kier alpha value is -2.36. The van der Waals surface area contributed by atoms with Gasteiger partial charge in [-0.15, -0.1) is 0 Å². The van der Waals surface area contributed by atoms with E-state index in [-0.39, 0.29) is 11.9 Å². The monoisotopic (exact) mass is 283 g/mol. The van der Waals surface area contributed by atoms with E-state index in [0.29, 0.717) is 5.56 Å². The van der Waals surface area contributed by atoms with Gasteiger partial charge in [0.1, 0.15) is 0 Å². The van der Waals surface area contributed by atoms with Crippen molar-refractivity contribution in [1.82, 2.24) is 10.3 Å². The van der Waals surface area contributed by atoms with Crippen LogP contribution in [0.4, 0.5) is 11.4 Å². The van der Waals surface area contributed by atoms with Crippen molar-refractivity contribution in [2.45, 2.75) is 26.3 Å². The summed E-state index contributed by atoms with van der Waals surface area (Å²) in [6, 6.07) is 12.0. The molecule has 4 heteroatoms. The molecule has 0 bridgehead atoms. The van der Waals surface area contributed by atoms with Gasteiger partial charge in [-0.1, -0.05) is 25.1 Å². The lowest BCUT2D eigenvalue weighted by Gasteiger charge is -2.19. The number of carbonyl (C=O) groups excluding carboxylic acids is 1. The molecule has 0 aliphatic carbocycles. The van der Waals surface area contributed by atoms with Gasteiger partial charge < -0.3 is 10.2 Å². The topological polar surface area (TPSA) is 45.2 Å². The molecule has 0 saturated carbocycles. The first-order valence-corrected chi connectivity index (χ1v) is 7.16. The maximum atomic E-state index is 12.2. The lowest BCUT2D eigenvalue weighted by Crippen LogP contribution is -2.32. The zero-order chi connectivity index (χ0) is 15.2. The minimum absolute atomic E-state index is 0.0832. The molecule has 0 saturated heterocycles. The standard InChI is InChI=1S/C17H21N3O/c1-4-13(2)19-17(21)14-10-16(12-18-11-14)20(3)15-8-6-5-7-9-15/h5-13H,4H2,1-3H3,(H,19,21). The van der Waals surface area contributed by atoms with Gasteiger partial charge in [-0.2, -0.15) is 0 Å². The van der Waals surface area contributed by atoms with Gasteiger partial charge >= 0.3 is 0 Å². The second-order valence-electron chi connectivity index (χ2n) is 5.11. The van der Waals surface area contributed by atoms with Crippen LogP contribution in [-0.4, -0.2) is 24.0 Å². The summed E-state index contributed by atoms with van der Waals surface area (Å²) in [4.78, 5) is 18.3. The van der Waals surface area contributed by atoms with E-state index in [9.17, 15) is 4.79 Å². The van der Waals surface area contributed by atoms with Gasteiger partial charge in [-0.05, 0) is 31.5 Å². The highest BCUT2D eigenvalue weighted by molar-refractivity contribution is 5.95. The predicted octanol–water partition coefficient (Wildman–Crippen LogP) is 3.38. The number of pyridine rings is 1. The Morgan fingerprint density at radius 3 is 2.62 bits per heavy atom. The summed E-state index contributed by atoms with van der Waals surface area (Å²) in [6.07, 6.45) is 4.26. The van der Waals surface area contributed by atoms with E-state index in [0.717, 1.165) is 17.8 Å². The van der Waals surface area contributed by atoms with Crippen LogP contribution in [0.3, 0.4) is 0 Å². The summed E-state index contributed by atoms with van der Waals surface area (Å²) in [5.41, 5.74) is 2.52. The van der Waals surface area contributed by atoms with E-state index < -0.39 is 0 Å². The molecule has 0 aliphatic heterocycles. The van der Waals surface area contributed by atoms with Crippen LogP contribution < -0.4 is 10.2 Å². The van der Waals surface area contributed by atoms with Gasteiger partial charge in [0.25, 0.3) is 5.91 Å². The molecule has 1 aromatic heterocycles. The van der Waals surface area contributed by atoms with Crippen molar-refractivity contribution in [2.75, 3.05) is 11.9 Å². The maximum Gasteiger partial charge on any atom is 0.253 e. The molecule has 0 spiro atoms. The molecular formula is C17H21N3O. The summed E-state index contributed by atoms with van der Waals surface area (Å²) >= 11 is 0. The van der Waals surface area contributed by atoms with Crippen molar-refractivity contribution in [3.8, 4) is 0 Å². The third-order valence-corrected chi connectivity index (χ3v) is 3.51. The number of rotatable bonds is 5. The van der Waals surface area contributed by atoms with Crippen LogP contribution in [0.25, 0.3) is 0 Å². The van der Waals surface area contributed by atoms with Crippen molar-refractivity contribution in [3.63, 3.8) is 0 Å². The van der Waals surface area contributed by atoms with Crippen molar-refractivity contribution >= 4 is 17.3 Å². The van der Waals surface area contributed by atoms with Crippen LogP contribution in [0.5, 0.6) is 0 Å². The summed E-state index contributed by atoms with van der Waals surface area (Å²) < 4.78 is 0. The minimum Gasteiger partial charge on any atom is -0.350 e. The lowest BCUT2D eigenvalue weighted by atomic mass is 10.2. The molecule has 0 aliphatic rings. The fourth-order valence-corrected chi connectivity index (χ4v) is 1.95. The first-order chi connectivity index (χ1) is 10.1. The van der Waals surface area contributed by atoms with Crippen LogP contribution in [0, 0.1) is 0 Å². The number of benzene rings is 1. The minimum atomic E-state index is -0.0832. The number of hydrogen-bond donors (Lipinski definition) is 1. The van der Waals surface area contributed by atoms with E-state index >= 15 is 0 Å². The number of anilines is 2. The van der Waals surface area contributed by atoms with Gasteiger partial charge in [-0.25, -0.2) is 0 Å². The van der Waals surface area contributed by atoms with E-state index in [1.54, 1.807) is 12.4 Å². The van der Waals surface area contributed by atoms with Crippen LogP contribution in [0.15, 0.2) is 48.8 Å². The first kappa shape index (κ1) is 15.0. The van der Waals surface area contributed by atoms with Crippen molar-refractivity contribution in [2.24, 2.45) is 0 Å². The second kappa shape index (κ2) is 6.88. The number of para-hydroxylation sites is 1. The fourth-order valence-electron chi connectivity index (χ4n) is 1.95. The Morgan fingerprint density at radius 1 is 1.24 bits per heavy atom. The zero-order valence-electron chi connectivity index (χ0n) is 12.7. The Morgan fingerprint density at radius 2 is 1.95 bits per heavy atom. The van der Waals surface area contributed by atoms with Gasteiger partial charge in [0.15, 0.2) is 0 Å². The molecular weight excluding hydrogens is 262 g/mol. The van der Waals surface area contributed by atoms with Gasteiger partial charge in [0, 0.05) is 25.0 Å². The van der Waals surface area contributed by atoms with Gasteiger partial charge in [0.2, 0.25) is 0 Å². The molecule has 1 atom stereocenters. The largest absolute Gasteiger partial charge is 0.350 e. The van der Waals surface area contributed by atoms with Crippen molar-refractivity contribution in [1.29, 1.82) is 0 Å². The van der Waals surface area contributed by atoms with Crippen LogP contribution >= 0.6 is 0 Å². The summed E-state index contributed by atoms with van der Waals surface area (Å²) in [6.45, 7) is 4.04. The van der Waals surface area contributed by atoms with Crippen LogP contribution in [0.2, 0.25) is 0 Å². The average molecular weight is 283 g/mol. The maximum absolute atomic E-state index is 12.2. The number of hydrogen-bond acceptors (Lipinski definition) is 3. The molecule has 0 fully saturated rings. The second-order valence-corrected chi connectivity index (χ2v) is 5.11. The quantitative estimate of drug-likeness (QED) is 0.915. The van der Waals surface area contributed by atoms with Crippen LogP contribution in [-0.2, 0) is 0 Å². The third kappa shape index (κ3) is 3.81. The highest BCUT2D eigenvalue weighted by Crippen LogP contribution is 2.22. The summed E-state index contributed by atoms with van der Waals surface area (Å²) in [5.74, 6) is -0.0832. The molecule has 110 valence electrons. The molecule has 4 nitrogen and oxygen atoms in total.